The molecule has 1 N–H and O–H groups in total. The third-order valence-electron chi connectivity index (χ3n) is 6.68. The SMILES string of the molecule is O=C(Nc1ccc(C(=O)N2CCn3c(nnc3C(F)(F)F)C2)c(N2CCCCCC2)c1)C1CC1. The number of amides is 2. The Bertz CT molecular complexity index is 1090. The van der Waals surface area contributed by atoms with Gasteiger partial charge in [-0.2, -0.15) is 13.2 Å². The Morgan fingerprint density at radius 1 is 0.971 bits per heavy atom. The number of anilines is 2. The van der Waals surface area contributed by atoms with Gasteiger partial charge in [0.05, 0.1) is 17.8 Å². The van der Waals surface area contributed by atoms with E-state index in [-0.39, 0.29) is 43.2 Å². The van der Waals surface area contributed by atoms with Crippen LogP contribution in [0, 0.1) is 5.92 Å². The Kier molecular flexibility index (Phi) is 5.95. The van der Waals surface area contributed by atoms with Crippen molar-refractivity contribution in [2.24, 2.45) is 5.92 Å². The highest BCUT2D eigenvalue weighted by atomic mass is 19.4. The van der Waals surface area contributed by atoms with Crippen molar-refractivity contribution in [1.29, 1.82) is 0 Å². The van der Waals surface area contributed by atoms with Crippen molar-refractivity contribution in [1.82, 2.24) is 19.7 Å². The number of carbonyl (C=O) groups is 2. The van der Waals surface area contributed by atoms with Crippen molar-refractivity contribution in [3.8, 4) is 0 Å². The van der Waals surface area contributed by atoms with Gasteiger partial charge in [-0.25, -0.2) is 0 Å². The van der Waals surface area contributed by atoms with Crippen molar-refractivity contribution < 1.29 is 22.8 Å². The first-order chi connectivity index (χ1) is 16.3. The third kappa shape index (κ3) is 4.60. The number of rotatable bonds is 4. The standard InChI is InChI=1S/C23H27F3N6O2/c24-23(25,26)22-29-28-19-14-31(11-12-32(19)22)21(34)17-8-7-16(27-20(33)15-5-6-15)13-18(17)30-9-3-1-2-4-10-30/h7-8,13,15H,1-6,9-12,14H2,(H,27,33). The summed E-state index contributed by atoms with van der Waals surface area (Å²) in [6.07, 6.45) is 1.49. The summed E-state index contributed by atoms with van der Waals surface area (Å²) in [4.78, 5) is 29.5. The number of nitrogens with zero attached hydrogens (tertiary/aromatic N) is 5. The molecule has 8 nitrogen and oxygen atoms in total. The molecule has 2 amide bonds. The fourth-order valence-corrected chi connectivity index (χ4v) is 4.66. The maximum absolute atomic E-state index is 13.5. The molecule has 1 aromatic carbocycles. The molecule has 2 aliphatic heterocycles. The van der Waals surface area contributed by atoms with Crippen LogP contribution in [-0.4, -0.2) is 51.1 Å². The normalized spacial score (nSPS) is 18.9. The van der Waals surface area contributed by atoms with Crippen LogP contribution in [-0.2, 0) is 24.1 Å². The molecular formula is C23H27F3N6O2. The van der Waals surface area contributed by atoms with Gasteiger partial charge < -0.3 is 19.7 Å². The second kappa shape index (κ2) is 8.92. The molecule has 0 bridgehead atoms. The average molecular weight is 477 g/mol. The molecule has 3 aliphatic rings. The molecule has 3 heterocycles. The van der Waals surface area contributed by atoms with Gasteiger partial charge in [0.2, 0.25) is 11.7 Å². The Labute approximate surface area is 195 Å². The maximum Gasteiger partial charge on any atom is 0.451 e. The molecule has 0 unspecified atom stereocenters. The summed E-state index contributed by atoms with van der Waals surface area (Å²) in [6, 6.07) is 5.29. The lowest BCUT2D eigenvalue weighted by molar-refractivity contribution is -0.147. The fourth-order valence-electron chi connectivity index (χ4n) is 4.66. The van der Waals surface area contributed by atoms with Gasteiger partial charge in [0, 0.05) is 37.8 Å². The lowest BCUT2D eigenvalue weighted by atomic mass is 10.1. The van der Waals surface area contributed by atoms with Crippen LogP contribution >= 0.6 is 0 Å². The third-order valence-corrected chi connectivity index (χ3v) is 6.68. The predicted octanol–water partition coefficient (Wildman–Crippen LogP) is 3.68. The first-order valence-electron chi connectivity index (χ1n) is 11.8. The lowest BCUT2D eigenvalue weighted by Gasteiger charge is -2.31. The molecule has 5 rings (SSSR count). The zero-order chi connectivity index (χ0) is 23.9. The van der Waals surface area contributed by atoms with E-state index in [1.807, 2.05) is 6.07 Å². The summed E-state index contributed by atoms with van der Waals surface area (Å²) < 4.78 is 40.5. The Hall–Kier alpha value is -3.11. The van der Waals surface area contributed by atoms with Gasteiger partial charge in [0.1, 0.15) is 0 Å². The molecule has 34 heavy (non-hydrogen) atoms. The smallest absolute Gasteiger partial charge is 0.371 e. The van der Waals surface area contributed by atoms with E-state index in [0.717, 1.165) is 61.9 Å². The zero-order valence-corrected chi connectivity index (χ0v) is 18.8. The van der Waals surface area contributed by atoms with E-state index >= 15 is 0 Å². The molecule has 1 saturated heterocycles. The summed E-state index contributed by atoms with van der Waals surface area (Å²) in [5, 5.41) is 9.94. The highest BCUT2D eigenvalue weighted by Crippen LogP contribution is 2.34. The molecule has 0 atom stereocenters. The number of nitrogens with one attached hydrogen (secondary N) is 1. The number of fused-ring (bicyclic) bond motifs is 1. The van der Waals surface area contributed by atoms with E-state index in [4.69, 9.17) is 0 Å². The summed E-state index contributed by atoms with van der Waals surface area (Å²) in [7, 11) is 0. The molecular weight excluding hydrogens is 449 g/mol. The number of hydrogen-bond acceptors (Lipinski definition) is 5. The molecule has 1 aromatic heterocycles. The van der Waals surface area contributed by atoms with Crippen LogP contribution in [0.5, 0.6) is 0 Å². The minimum atomic E-state index is -4.59. The monoisotopic (exact) mass is 476 g/mol. The number of carbonyl (C=O) groups excluding carboxylic acids is 2. The number of halogens is 3. The van der Waals surface area contributed by atoms with Crippen molar-refractivity contribution in [2.45, 2.75) is 57.8 Å². The predicted molar refractivity (Wildman–Crippen MR) is 118 cm³/mol. The molecule has 0 radical (unpaired) electrons. The van der Waals surface area contributed by atoms with Crippen molar-refractivity contribution in [2.75, 3.05) is 29.9 Å². The van der Waals surface area contributed by atoms with Crippen LogP contribution in [0.15, 0.2) is 18.2 Å². The zero-order valence-electron chi connectivity index (χ0n) is 18.8. The van der Waals surface area contributed by atoms with Crippen LogP contribution in [0.4, 0.5) is 24.5 Å². The summed E-state index contributed by atoms with van der Waals surface area (Å²) in [6.45, 7) is 1.69. The van der Waals surface area contributed by atoms with Crippen molar-refractivity contribution in [3.63, 3.8) is 0 Å². The second-order valence-corrected chi connectivity index (χ2v) is 9.21. The minimum Gasteiger partial charge on any atom is -0.371 e. The van der Waals surface area contributed by atoms with Gasteiger partial charge >= 0.3 is 6.18 Å². The number of benzene rings is 1. The van der Waals surface area contributed by atoms with Gasteiger partial charge in [-0.05, 0) is 43.9 Å². The van der Waals surface area contributed by atoms with E-state index in [9.17, 15) is 22.8 Å². The topological polar surface area (TPSA) is 83.4 Å². The Morgan fingerprint density at radius 2 is 1.71 bits per heavy atom. The van der Waals surface area contributed by atoms with Gasteiger partial charge in [0.25, 0.3) is 5.91 Å². The van der Waals surface area contributed by atoms with E-state index < -0.39 is 12.0 Å². The van der Waals surface area contributed by atoms with Crippen molar-refractivity contribution >= 4 is 23.2 Å². The minimum absolute atomic E-state index is 0.00303. The molecule has 2 aromatic rings. The van der Waals surface area contributed by atoms with E-state index in [1.165, 1.54) is 4.90 Å². The second-order valence-electron chi connectivity index (χ2n) is 9.21. The van der Waals surface area contributed by atoms with E-state index in [2.05, 4.69) is 20.4 Å². The maximum atomic E-state index is 13.5. The highest BCUT2D eigenvalue weighted by molar-refractivity contribution is 6.02. The molecule has 11 heteroatoms. The molecule has 1 saturated carbocycles. The van der Waals surface area contributed by atoms with E-state index in [0.29, 0.717) is 11.3 Å². The van der Waals surface area contributed by atoms with E-state index in [1.54, 1.807) is 12.1 Å². The first-order valence-corrected chi connectivity index (χ1v) is 11.8. The molecule has 2 fully saturated rings. The van der Waals surface area contributed by atoms with Crippen molar-refractivity contribution in [3.05, 3.63) is 35.4 Å². The van der Waals surface area contributed by atoms with Gasteiger partial charge in [-0.1, -0.05) is 12.8 Å². The highest BCUT2D eigenvalue weighted by Gasteiger charge is 2.40. The number of aromatic nitrogens is 3. The van der Waals surface area contributed by atoms with Crippen LogP contribution in [0.2, 0.25) is 0 Å². The molecule has 1 aliphatic carbocycles. The summed E-state index contributed by atoms with van der Waals surface area (Å²) in [5.74, 6) is -1.11. The van der Waals surface area contributed by atoms with Gasteiger partial charge in [0.15, 0.2) is 5.82 Å². The van der Waals surface area contributed by atoms with Gasteiger partial charge in [-0.3, -0.25) is 9.59 Å². The molecule has 0 spiro atoms. The Balaban J connectivity index is 1.41. The van der Waals surface area contributed by atoms with Crippen LogP contribution < -0.4 is 10.2 Å². The summed E-state index contributed by atoms with van der Waals surface area (Å²) in [5.41, 5.74) is 1.89. The number of hydrogen-bond donors (Lipinski definition) is 1. The first kappa shape index (κ1) is 22.7. The quantitative estimate of drug-likeness (QED) is 0.728. The fraction of sp³-hybridized carbons (Fsp3) is 0.565. The summed E-state index contributed by atoms with van der Waals surface area (Å²) >= 11 is 0. The van der Waals surface area contributed by atoms with Crippen LogP contribution in [0.3, 0.4) is 0 Å². The lowest BCUT2D eigenvalue weighted by Crippen LogP contribution is -2.40. The number of alkyl halides is 3. The van der Waals surface area contributed by atoms with Crippen LogP contribution in [0.1, 0.15) is 60.5 Å². The Morgan fingerprint density at radius 3 is 2.38 bits per heavy atom. The average Bonchev–Trinajstić information content (AvgIpc) is 3.61. The van der Waals surface area contributed by atoms with Gasteiger partial charge in [-0.15, -0.1) is 10.2 Å². The van der Waals surface area contributed by atoms with Crippen LogP contribution in [0.25, 0.3) is 0 Å². The largest absolute Gasteiger partial charge is 0.451 e. The molecule has 182 valence electrons.